The Balaban J connectivity index is 2.18. The number of rotatable bonds is 4. The van der Waals surface area contributed by atoms with E-state index in [1.165, 1.54) is 11.3 Å². The maximum Gasteiger partial charge on any atom is 0.269 e. The fourth-order valence-corrected chi connectivity index (χ4v) is 2.36. The minimum Gasteiger partial charge on any atom is -0.382 e. The van der Waals surface area contributed by atoms with Crippen molar-refractivity contribution in [1.29, 1.82) is 0 Å². The van der Waals surface area contributed by atoms with Gasteiger partial charge in [-0.05, 0) is 26.0 Å². The van der Waals surface area contributed by atoms with E-state index in [4.69, 9.17) is 5.73 Å². The van der Waals surface area contributed by atoms with E-state index in [1.807, 2.05) is 13.8 Å². The predicted molar refractivity (Wildman–Crippen MR) is 77.6 cm³/mol. The summed E-state index contributed by atoms with van der Waals surface area (Å²) in [5.74, 6) is -0.0322. The molecule has 0 saturated carbocycles. The first kappa shape index (κ1) is 13.3. The van der Waals surface area contributed by atoms with E-state index in [2.05, 4.69) is 20.6 Å². The Hall–Kier alpha value is -2.15. The van der Waals surface area contributed by atoms with Gasteiger partial charge in [0.1, 0.15) is 10.7 Å². The van der Waals surface area contributed by atoms with Gasteiger partial charge in [-0.2, -0.15) is 0 Å². The van der Waals surface area contributed by atoms with E-state index in [0.29, 0.717) is 15.7 Å². The second-order valence-electron chi connectivity index (χ2n) is 3.85. The highest BCUT2D eigenvalue weighted by molar-refractivity contribution is 7.18. The molecule has 2 rings (SSSR count). The number of anilines is 3. The van der Waals surface area contributed by atoms with Crippen molar-refractivity contribution in [2.24, 2.45) is 0 Å². The lowest BCUT2D eigenvalue weighted by atomic mass is 10.3. The van der Waals surface area contributed by atoms with Crippen molar-refractivity contribution in [3.63, 3.8) is 0 Å². The van der Waals surface area contributed by atoms with Crippen molar-refractivity contribution >= 4 is 33.9 Å². The number of hydrogen-bond acceptors (Lipinski definition) is 6. The topological polar surface area (TPSA) is 92.9 Å². The van der Waals surface area contributed by atoms with Crippen molar-refractivity contribution < 1.29 is 4.79 Å². The van der Waals surface area contributed by atoms with Crippen LogP contribution in [0.5, 0.6) is 0 Å². The summed E-state index contributed by atoms with van der Waals surface area (Å²) < 4.78 is 0. The lowest BCUT2D eigenvalue weighted by Gasteiger charge is -2.05. The second-order valence-corrected chi connectivity index (χ2v) is 4.85. The minimum absolute atomic E-state index is 0.236. The molecule has 0 aliphatic rings. The van der Waals surface area contributed by atoms with Crippen molar-refractivity contribution in [2.45, 2.75) is 13.8 Å². The van der Waals surface area contributed by atoms with Crippen LogP contribution in [0.3, 0.4) is 0 Å². The molecule has 0 radical (unpaired) electrons. The van der Waals surface area contributed by atoms with E-state index < -0.39 is 0 Å². The van der Waals surface area contributed by atoms with Gasteiger partial charge in [-0.25, -0.2) is 4.98 Å². The quantitative estimate of drug-likeness (QED) is 0.796. The molecule has 0 bridgehead atoms. The maximum absolute atomic E-state index is 12.1. The van der Waals surface area contributed by atoms with Crippen LogP contribution in [0.1, 0.15) is 22.3 Å². The molecule has 1 amide bonds. The van der Waals surface area contributed by atoms with Gasteiger partial charge in [0.05, 0.1) is 11.4 Å². The van der Waals surface area contributed by atoms with E-state index in [0.717, 1.165) is 12.2 Å². The average Bonchev–Trinajstić information content (AvgIpc) is 2.74. The largest absolute Gasteiger partial charge is 0.382 e. The van der Waals surface area contributed by atoms with Crippen molar-refractivity contribution in [2.75, 3.05) is 22.9 Å². The van der Waals surface area contributed by atoms with E-state index in [9.17, 15) is 4.79 Å². The van der Waals surface area contributed by atoms with Crippen LogP contribution in [0.4, 0.5) is 16.6 Å². The number of nitrogen functional groups attached to an aromatic ring is 1. The monoisotopic (exact) mass is 277 g/mol. The Morgan fingerprint density at radius 2 is 2.32 bits per heavy atom. The number of hydrogen-bond donors (Lipinski definition) is 3. The van der Waals surface area contributed by atoms with Crippen LogP contribution in [-0.2, 0) is 0 Å². The first-order valence-electron chi connectivity index (χ1n) is 5.85. The molecule has 0 aromatic carbocycles. The molecule has 0 atom stereocenters. The smallest absolute Gasteiger partial charge is 0.269 e. The van der Waals surface area contributed by atoms with E-state index >= 15 is 0 Å². The van der Waals surface area contributed by atoms with Crippen LogP contribution < -0.4 is 16.4 Å². The second kappa shape index (κ2) is 5.66. The number of thiazole rings is 1. The molecule has 2 aromatic heterocycles. The van der Waals surface area contributed by atoms with Gasteiger partial charge in [0, 0.05) is 12.7 Å². The molecule has 0 aliphatic carbocycles. The van der Waals surface area contributed by atoms with Gasteiger partial charge < -0.3 is 16.4 Å². The highest BCUT2D eigenvalue weighted by Gasteiger charge is 2.16. The van der Waals surface area contributed by atoms with Gasteiger partial charge in [-0.15, -0.1) is 0 Å². The van der Waals surface area contributed by atoms with Gasteiger partial charge in [0.2, 0.25) is 0 Å². The third kappa shape index (κ3) is 3.00. The van der Waals surface area contributed by atoms with Crippen molar-refractivity contribution in [3.05, 3.63) is 28.9 Å². The van der Waals surface area contributed by atoms with E-state index in [1.54, 1.807) is 18.3 Å². The van der Waals surface area contributed by atoms with Gasteiger partial charge in [0.15, 0.2) is 5.13 Å². The van der Waals surface area contributed by atoms with Crippen LogP contribution in [0.25, 0.3) is 0 Å². The fourth-order valence-electron chi connectivity index (χ4n) is 1.52. The molecule has 2 heterocycles. The summed E-state index contributed by atoms with van der Waals surface area (Å²) >= 11 is 1.24. The number of nitrogens with one attached hydrogen (secondary N) is 2. The molecule has 0 unspecified atom stereocenters. The summed E-state index contributed by atoms with van der Waals surface area (Å²) in [5, 5.41) is 6.46. The Labute approximate surface area is 115 Å². The highest BCUT2D eigenvalue weighted by atomic mass is 32.1. The number of carbonyl (C=O) groups excluding carboxylic acids is 1. The predicted octanol–water partition coefficient (Wildman–Crippen LogP) is 2.11. The number of nitrogens with zero attached hydrogens (tertiary/aromatic N) is 2. The summed E-state index contributed by atoms with van der Waals surface area (Å²) in [6, 6.07) is 3.56. The highest BCUT2D eigenvalue weighted by Crippen LogP contribution is 2.26. The minimum atomic E-state index is -0.268. The molecule has 0 fully saturated rings. The first-order chi connectivity index (χ1) is 9.11. The van der Waals surface area contributed by atoms with Crippen molar-refractivity contribution in [1.82, 2.24) is 9.97 Å². The third-order valence-corrected chi connectivity index (χ3v) is 3.47. The summed E-state index contributed by atoms with van der Waals surface area (Å²) in [4.78, 5) is 20.7. The SMILES string of the molecule is CCNc1nc(N)c(C(=O)Nc2cccnc2C)s1. The van der Waals surface area contributed by atoms with Crippen LogP contribution in [-0.4, -0.2) is 22.4 Å². The molecule has 0 spiro atoms. The van der Waals surface area contributed by atoms with Crippen molar-refractivity contribution in [3.8, 4) is 0 Å². The zero-order valence-electron chi connectivity index (χ0n) is 10.7. The molecular weight excluding hydrogens is 262 g/mol. The molecule has 2 aromatic rings. The average molecular weight is 277 g/mol. The molecule has 0 saturated heterocycles. The van der Waals surface area contributed by atoms with E-state index in [-0.39, 0.29) is 11.7 Å². The van der Waals surface area contributed by atoms with Crippen LogP contribution in [0.15, 0.2) is 18.3 Å². The molecule has 19 heavy (non-hydrogen) atoms. The summed E-state index contributed by atoms with van der Waals surface area (Å²) in [6.07, 6.45) is 1.68. The maximum atomic E-state index is 12.1. The summed E-state index contributed by atoms with van der Waals surface area (Å²) in [7, 11) is 0. The Morgan fingerprint density at radius 1 is 1.53 bits per heavy atom. The number of aryl methyl sites for hydroxylation is 1. The Morgan fingerprint density at radius 3 is 3.00 bits per heavy atom. The lowest BCUT2D eigenvalue weighted by molar-refractivity contribution is 0.103. The molecule has 4 N–H and O–H groups in total. The molecule has 7 heteroatoms. The number of amides is 1. The third-order valence-electron chi connectivity index (χ3n) is 2.44. The molecule has 0 aliphatic heterocycles. The van der Waals surface area contributed by atoms with Crippen LogP contribution >= 0.6 is 11.3 Å². The van der Waals surface area contributed by atoms with Gasteiger partial charge in [-0.3, -0.25) is 9.78 Å². The Kier molecular flexibility index (Phi) is 3.96. The van der Waals surface area contributed by atoms with Gasteiger partial charge in [0.25, 0.3) is 5.91 Å². The standard InChI is InChI=1S/C12H15N5OS/c1-3-14-12-17-10(13)9(19-12)11(18)16-8-5-4-6-15-7(8)2/h4-6H,3,13H2,1-2H3,(H,14,17)(H,16,18). The number of aromatic nitrogens is 2. The van der Waals surface area contributed by atoms with Gasteiger partial charge in [-0.1, -0.05) is 11.3 Å². The number of pyridine rings is 1. The molecule has 6 nitrogen and oxygen atoms in total. The normalized spacial score (nSPS) is 10.2. The Bertz CT molecular complexity index is 596. The molecular formula is C12H15N5OS. The van der Waals surface area contributed by atoms with Crippen LogP contribution in [0, 0.1) is 6.92 Å². The van der Waals surface area contributed by atoms with Crippen LogP contribution in [0.2, 0.25) is 0 Å². The zero-order valence-corrected chi connectivity index (χ0v) is 11.5. The molecule has 100 valence electrons. The van der Waals surface area contributed by atoms with Gasteiger partial charge >= 0.3 is 0 Å². The lowest BCUT2D eigenvalue weighted by Crippen LogP contribution is -2.13. The number of carbonyl (C=O) groups is 1. The zero-order chi connectivity index (χ0) is 13.8. The number of nitrogens with two attached hydrogens (primary N) is 1. The summed E-state index contributed by atoms with van der Waals surface area (Å²) in [6.45, 7) is 4.52. The fraction of sp³-hybridized carbons (Fsp3) is 0.250. The summed E-state index contributed by atoms with van der Waals surface area (Å²) in [5.41, 5.74) is 7.17. The first-order valence-corrected chi connectivity index (χ1v) is 6.66.